The third kappa shape index (κ3) is 4.06. The number of rotatable bonds is 6. The third-order valence-electron chi connectivity index (χ3n) is 12.0. The van der Waals surface area contributed by atoms with E-state index < -0.39 is 0 Å². The molecule has 0 spiro atoms. The van der Waals surface area contributed by atoms with Crippen LogP contribution in [-0.2, 0) is 14.3 Å². The molecule has 0 heterocycles. The van der Waals surface area contributed by atoms with E-state index in [1.165, 1.54) is 50.2 Å². The molecule has 2 saturated carbocycles. The molecule has 0 saturated heterocycles. The molecule has 2 fully saturated rings. The van der Waals surface area contributed by atoms with Crippen LogP contribution in [0.4, 0.5) is 0 Å². The van der Waals surface area contributed by atoms with Gasteiger partial charge in [-0.1, -0.05) is 80.2 Å². The number of esters is 1. The predicted octanol–water partition coefficient (Wildman–Crippen LogP) is 8.31. The summed E-state index contributed by atoms with van der Waals surface area (Å²) >= 11 is 0. The van der Waals surface area contributed by atoms with Crippen LogP contribution in [0.3, 0.4) is 0 Å². The summed E-state index contributed by atoms with van der Waals surface area (Å²) < 4.78 is 5.80. The van der Waals surface area contributed by atoms with Crippen LogP contribution in [0.15, 0.2) is 11.1 Å². The second-order valence-electron chi connectivity index (χ2n) is 14.6. The summed E-state index contributed by atoms with van der Waals surface area (Å²) in [7, 11) is 0. The summed E-state index contributed by atoms with van der Waals surface area (Å²) in [6.45, 7) is 20.6. The summed E-state index contributed by atoms with van der Waals surface area (Å²) in [6.07, 6.45) is 11.1. The fourth-order valence-corrected chi connectivity index (χ4v) is 9.75. The van der Waals surface area contributed by atoms with Crippen LogP contribution in [0.5, 0.6) is 0 Å². The molecule has 0 aliphatic heterocycles. The minimum atomic E-state index is -0.200. The summed E-state index contributed by atoms with van der Waals surface area (Å²) in [4.78, 5) is 25.9. The SMILES string of the molecule is CC(=O)O[C@@H]1CC[C@]2(C)C3=C(C(=O)C[C@@H]2C1(C)C)[C@]1(C)CC[C@H]([C@H](C)CCCC(C)C)[C@]1(C)CC3. The molecule has 0 bridgehead atoms. The average molecular weight is 485 g/mol. The molecule has 4 rings (SSSR count). The Kier molecular flexibility index (Phi) is 6.94. The average Bonchev–Trinajstić information content (AvgIpc) is 3.02. The van der Waals surface area contributed by atoms with E-state index in [0.29, 0.717) is 18.1 Å². The Morgan fingerprint density at radius 1 is 1.00 bits per heavy atom. The maximum absolute atomic E-state index is 14.1. The van der Waals surface area contributed by atoms with Crippen molar-refractivity contribution >= 4 is 11.8 Å². The molecule has 0 aromatic heterocycles. The van der Waals surface area contributed by atoms with Gasteiger partial charge in [0.05, 0.1) is 0 Å². The molecule has 3 nitrogen and oxygen atoms in total. The van der Waals surface area contributed by atoms with Gasteiger partial charge in [-0.3, -0.25) is 9.59 Å². The predicted molar refractivity (Wildman–Crippen MR) is 143 cm³/mol. The Labute approximate surface area is 215 Å². The van der Waals surface area contributed by atoms with Crippen LogP contribution in [0.2, 0.25) is 0 Å². The van der Waals surface area contributed by atoms with Crippen molar-refractivity contribution in [2.24, 2.45) is 45.3 Å². The zero-order valence-corrected chi connectivity index (χ0v) is 24.2. The molecule has 0 unspecified atom stereocenters. The Morgan fingerprint density at radius 3 is 2.31 bits per heavy atom. The van der Waals surface area contributed by atoms with Gasteiger partial charge in [-0.2, -0.15) is 0 Å². The quantitative estimate of drug-likeness (QED) is 0.356. The smallest absolute Gasteiger partial charge is 0.302 e. The van der Waals surface area contributed by atoms with Crippen molar-refractivity contribution in [1.82, 2.24) is 0 Å². The van der Waals surface area contributed by atoms with E-state index in [1.807, 2.05) is 0 Å². The number of hydrogen-bond acceptors (Lipinski definition) is 3. The Balaban J connectivity index is 1.66. The van der Waals surface area contributed by atoms with Gasteiger partial charge in [0.25, 0.3) is 0 Å². The number of hydrogen-bond donors (Lipinski definition) is 0. The molecule has 3 heteroatoms. The van der Waals surface area contributed by atoms with Crippen molar-refractivity contribution in [2.75, 3.05) is 0 Å². The summed E-state index contributed by atoms with van der Waals surface area (Å²) in [6, 6.07) is 0. The van der Waals surface area contributed by atoms with E-state index in [9.17, 15) is 9.59 Å². The molecular formula is C32H52O3. The monoisotopic (exact) mass is 484 g/mol. The van der Waals surface area contributed by atoms with E-state index in [1.54, 1.807) is 0 Å². The number of ketones is 1. The highest BCUT2D eigenvalue weighted by Crippen LogP contribution is 2.72. The lowest BCUT2D eigenvalue weighted by Crippen LogP contribution is -2.57. The highest BCUT2D eigenvalue weighted by molar-refractivity contribution is 5.99. The number of carbonyl (C=O) groups is 2. The lowest BCUT2D eigenvalue weighted by molar-refractivity contribution is -0.168. The molecule has 198 valence electrons. The van der Waals surface area contributed by atoms with Crippen LogP contribution in [0, 0.1) is 45.3 Å². The summed E-state index contributed by atoms with van der Waals surface area (Å²) in [5.74, 6) is 2.66. The fourth-order valence-electron chi connectivity index (χ4n) is 9.75. The molecular weight excluding hydrogens is 432 g/mol. The third-order valence-corrected chi connectivity index (χ3v) is 12.0. The lowest BCUT2D eigenvalue weighted by atomic mass is 9.43. The minimum absolute atomic E-state index is 0.000499. The molecule has 7 atom stereocenters. The minimum Gasteiger partial charge on any atom is -0.462 e. The highest BCUT2D eigenvalue weighted by atomic mass is 16.5. The standard InChI is InChI=1S/C32H52O3/c1-20(2)11-10-12-21(3)23-13-18-32(9)28-24(14-17-31(23,32)8)30(7)16-15-27(35-22(4)33)29(5,6)26(30)19-25(28)34/h20-21,23,26-27H,10-19H2,1-9H3/t21-,23-,26-,27-,30-,31+,32+/m1/s1. The van der Waals surface area contributed by atoms with Crippen LogP contribution in [-0.4, -0.2) is 17.9 Å². The first-order valence-electron chi connectivity index (χ1n) is 14.6. The summed E-state index contributed by atoms with van der Waals surface area (Å²) in [5, 5.41) is 0. The largest absolute Gasteiger partial charge is 0.462 e. The van der Waals surface area contributed by atoms with E-state index in [4.69, 9.17) is 4.74 Å². The summed E-state index contributed by atoms with van der Waals surface area (Å²) in [5.41, 5.74) is 2.78. The van der Waals surface area contributed by atoms with Crippen LogP contribution < -0.4 is 0 Å². The fraction of sp³-hybridized carbons (Fsp3) is 0.875. The normalized spacial score (nSPS) is 41.3. The topological polar surface area (TPSA) is 43.4 Å². The molecule has 35 heavy (non-hydrogen) atoms. The maximum Gasteiger partial charge on any atom is 0.302 e. The van der Waals surface area contributed by atoms with Crippen LogP contribution in [0.25, 0.3) is 0 Å². The van der Waals surface area contributed by atoms with Gasteiger partial charge < -0.3 is 4.74 Å². The van der Waals surface area contributed by atoms with E-state index in [0.717, 1.165) is 37.5 Å². The molecule has 0 N–H and O–H groups in total. The first-order chi connectivity index (χ1) is 16.2. The highest BCUT2D eigenvalue weighted by Gasteiger charge is 2.65. The zero-order valence-electron chi connectivity index (χ0n) is 24.2. The molecule has 4 aliphatic rings. The van der Waals surface area contributed by atoms with Gasteiger partial charge in [0.15, 0.2) is 5.78 Å². The number of carbonyl (C=O) groups excluding carboxylic acids is 2. The lowest BCUT2D eigenvalue weighted by Gasteiger charge is -2.61. The van der Waals surface area contributed by atoms with Gasteiger partial charge in [0.1, 0.15) is 6.10 Å². The van der Waals surface area contributed by atoms with Gasteiger partial charge in [0, 0.05) is 29.7 Å². The molecule has 0 aromatic carbocycles. The van der Waals surface area contributed by atoms with Gasteiger partial charge in [0.2, 0.25) is 0 Å². The Hall–Kier alpha value is -1.12. The number of Topliss-reactive ketones (excluding diaryl/α,β-unsaturated/α-hetero) is 1. The van der Waals surface area contributed by atoms with Crippen LogP contribution in [0.1, 0.15) is 127 Å². The van der Waals surface area contributed by atoms with Crippen LogP contribution >= 0.6 is 0 Å². The zero-order chi connectivity index (χ0) is 26.0. The van der Waals surface area contributed by atoms with Gasteiger partial charge in [-0.05, 0) is 73.0 Å². The molecule has 0 aromatic rings. The van der Waals surface area contributed by atoms with Gasteiger partial charge >= 0.3 is 5.97 Å². The number of fused-ring (bicyclic) bond motifs is 4. The van der Waals surface area contributed by atoms with Gasteiger partial charge in [-0.25, -0.2) is 0 Å². The van der Waals surface area contributed by atoms with Crippen molar-refractivity contribution < 1.29 is 14.3 Å². The van der Waals surface area contributed by atoms with Crippen molar-refractivity contribution in [3.05, 3.63) is 11.1 Å². The molecule has 0 amide bonds. The Morgan fingerprint density at radius 2 is 1.69 bits per heavy atom. The van der Waals surface area contributed by atoms with Crippen molar-refractivity contribution in [1.29, 1.82) is 0 Å². The van der Waals surface area contributed by atoms with Crippen molar-refractivity contribution in [3.8, 4) is 0 Å². The Bertz CT molecular complexity index is 896. The molecule has 4 aliphatic carbocycles. The number of allylic oxidation sites excluding steroid dienone is 2. The number of ether oxygens (including phenoxy) is 1. The molecule has 0 radical (unpaired) electrons. The first kappa shape index (κ1) is 26.9. The van der Waals surface area contributed by atoms with E-state index in [-0.39, 0.29) is 39.7 Å². The first-order valence-corrected chi connectivity index (χ1v) is 14.6. The van der Waals surface area contributed by atoms with E-state index in [2.05, 4.69) is 55.4 Å². The second-order valence-corrected chi connectivity index (χ2v) is 14.6. The maximum atomic E-state index is 14.1. The van der Waals surface area contributed by atoms with Crippen molar-refractivity contribution in [2.45, 2.75) is 133 Å². The van der Waals surface area contributed by atoms with Gasteiger partial charge in [-0.15, -0.1) is 0 Å². The second kappa shape index (κ2) is 9.02. The van der Waals surface area contributed by atoms with Crippen molar-refractivity contribution in [3.63, 3.8) is 0 Å². The van der Waals surface area contributed by atoms with E-state index >= 15 is 0 Å².